The minimum absolute atomic E-state index is 0.114. The number of rotatable bonds is 3. The summed E-state index contributed by atoms with van der Waals surface area (Å²) in [5.74, 6) is 0.958. The second kappa shape index (κ2) is 5.92. The number of nitrogen functional groups attached to an aromatic ring is 1. The Morgan fingerprint density at radius 2 is 2.04 bits per heavy atom. The van der Waals surface area contributed by atoms with Gasteiger partial charge in [-0.3, -0.25) is 9.36 Å². The summed E-state index contributed by atoms with van der Waals surface area (Å²) in [5.41, 5.74) is 6.17. The van der Waals surface area contributed by atoms with Crippen molar-refractivity contribution >= 4 is 38.7 Å². The van der Waals surface area contributed by atoms with Crippen LogP contribution in [0.1, 0.15) is 5.82 Å². The normalized spacial score (nSPS) is 10.9. The topological polar surface area (TPSA) is 103 Å². The van der Waals surface area contributed by atoms with E-state index in [1.165, 1.54) is 10.9 Å². The molecule has 0 atom stereocenters. The molecule has 0 radical (unpaired) electrons. The van der Waals surface area contributed by atoms with Crippen molar-refractivity contribution < 1.29 is 0 Å². The third-order valence-corrected chi connectivity index (χ3v) is 3.68. The number of nitrogens with two attached hydrogens (primary N) is 1. The van der Waals surface area contributed by atoms with E-state index in [1.807, 2.05) is 6.07 Å². The Hall–Kier alpha value is -2.55. The average Bonchev–Trinajstić information content (AvgIpc) is 2.50. The maximum Gasteiger partial charge on any atom is 0.261 e. The van der Waals surface area contributed by atoms with Gasteiger partial charge in [0.15, 0.2) is 5.82 Å². The second-order valence-corrected chi connectivity index (χ2v) is 6.06. The summed E-state index contributed by atoms with van der Waals surface area (Å²) in [6.07, 6.45) is 1.48. The minimum Gasteiger partial charge on any atom is -0.368 e. The van der Waals surface area contributed by atoms with Gasteiger partial charge in [0.25, 0.3) is 5.56 Å². The summed E-state index contributed by atoms with van der Waals surface area (Å²) in [5, 5.41) is 0.525. The third-order valence-electron chi connectivity index (χ3n) is 3.19. The number of halogens is 1. The van der Waals surface area contributed by atoms with Gasteiger partial charge in [0.1, 0.15) is 0 Å². The van der Waals surface area contributed by atoms with Crippen LogP contribution in [-0.2, 0) is 6.54 Å². The first-order valence-electron chi connectivity index (χ1n) is 6.76. The van der Waals surface area contributed by atoms with Crippen LogP contribution in [-0.4, -0.2) is 38.6 Å². The summed E-state index contributed by atoms with van der Waals surface area (Å²) >= 11 is 3.36. The molecule has 0 aliphatic carbocycles. The van der Waals surface area contributed by atoms with E-state index in [9.17, 15) is 4.79 Å². The van der Waals surface area contributed by atoms with Crippen LogP contribution in [0.25, 0.3) is 10.9 Å². The van der Waals surface area contributed by atoms with E-state index < -0.39 is 0 Å². The van der Waals surface area contributed by atoms with Gasteiger partial charge in [0.2, 0.25) is 11.9 Å². The molecule has 1 aromatic carbocycles. The van der Waals surface area contributed by atoms with Crippen molar-refractivity contribution in [3.05, 3.63) is 45.2 Å². The van der Waals surface area contributed by atoms with E-state index >= 15 is 0 Å². The molecule has 0 saturated heterocycles. The number of anilines is 2. The Morgan fingerprint density at radius 1 is 1.26 bits per heavy atom. The summed E-state index contributed by atoms with van der Waals surface area (Å²) in [6, 6.07) is 5.37. The molecule has 23 heavy (non-hydrogen) atoms. The molecule has 118 valence electrons. The van der Waals surface area contributed by atoms with Gasteiger partial charge in [0.05, 0.1) is 23.8 Å². The van der Waals surface area contributed by atoms with Crippen molar-refractivity contribution in [1.29, 1.82) is 0 Å². The van der Waals surface area contributed by atoms with Crippen LogP contribution in [0.3, 0.4) is 0 Å². The number of fused-ring (bicyclic) bond motifs is 1. The van der Waals surface area contributed by atoms with Crippen LogP contribution < -0.4 is 16.2 Å². The SMILES string of the molecule is CN(C)c1nc(N)nc(Cn2cnc3ccc(Br)cc3c2=O)n1. The molecule has 0 fully saturated rings. The highest BCUT2D eigenvalue weighted by Gasteiger charge is 2.10. The molecule has 0 bridgehead atoms. The van der Waals surface area contributed by atoms with E-state index in [-0.39, 0.29) is 18.1 Å². The number of hydrogen-bond donors (Lipinski definition) is 1. The zero-order valence-electron chi connectivity index (χ0n) is 12.6. The number of aromatic nitrogens is 5. The van der Waals surface area contributed by atoms with Gasteiger partial charge in [-0.15, -0.1) is 0 Å². The predicted octanol–water partition coefficient (Wildman–Crippen LogP) is 1.04. The van der Waals surface area contributed by atoms with Crippen LogP contribution in [0.5, 0.6) is 0 Å². The standard InChI is InChI=1S/C14H14BrN7O/c1-21(2)14-19-11(18-13(16)20-14)6-22-7-17-10-4-3-8(15)5-9(10)12(22)23/h3-5,7H,6H2,1-2H3,(H2,16,18,19,20). The fraction of sp³-hybridized carbons (Fsp3) is 0.214. The molecular formula is C14H14BrN7O. The lowest BCUT2D eigenvalue weighted by atomic mass is 10.2. The fourth-order valence-corrected chi connectivity index (χ4v) is 2.45. The van der Waals surface area contributed by atoms with Gasteiger partial charge in [0, 0.05) is 18.6 Å². The molecule has 9 heteroatoms. The average molecular weight is 376 g/mol. The highest BCUT2D eigenvalue weighted by molar-refractivity contribution is 9.10. The Morgan fingerprint density at radius 3 is 2.78 bits per heavy atom. The zero-order valence-corrected chi connectivity index (χ0v) is 14.1. The number of benzene rings is 1. The molecule has 2 N–H and O–H groups in total. The Balaban J connectivity index is 2.05. The quantitative estimate of drug-likeness (QED) is 0.729. The van der Waals surface area contributed by atoms with E-state index in [0.29, 0.717) is 22.7 Å². The molecule has 3 rings (SSSR count). The molecule has 2 heterocycles. The molecule has 0 aliphatic rings. The van der Waals surface area contributed by atoms with Crippen LogP contribution in [0.15, 0.2) is 33.8 Å². The molecule has 0 aliphatic heterocycles. The van der Waals surface area contributed by atoms with E-state index in [0.717, 1.165) is 4.47 Å². The molecular weight excluding hydrogens is 362 g/mol. The number of nitrogens with zero attached hydrogens (tertiary/aromatic N) is 6. The molecule has 3 aromatic rings. The van der Waals surface area contributed by atoms with Gasteiger partial charge in [-0.2, -0.15) is 15.0 Å². The molecule has 0 amide bonds. The lowest BCUT2D eigenvalue weighted by Crippen LogP contribution is -2.23. The van der Waals surface area contributed by atoms with Crippen molar-refractivity contribution in [3.63, 3.8) is 0 Å². The van der Waals surface area contributed by atoms with Gasteiger partial charge in [-0.25, -0.2) is 4.98 Å². The van der Waals surface area contributed by atoms with Gasteiger partial charge >= 0.3 is 0 Å². The maximum absolute atomic E-state index is 12.6. The smallest absolute Gasteiger partial charge is 0.261 e. The van der Waals surface area contributed by atoms with Crippen molar-refractivity contribution in [2.75, 3.05) is 24.7 Å². The maximum atomic E-state index is 12.6. The van der Waals surface area contributed by atoms with E-state index in [1.54, 1.807) is 31.1 Å². The molecule has 8 nitrogen and oxygen atoms in total. The predicted molar refractivity (Wildman–Crippen MR) is 91.4 cm³/mol. The van der Waals surface area contributed by atoms with Gasteiger partial charge < -0.3 is 10.6 Å². The van der Waals surface area contributed by atoms with Crippen LogP contribution >= 0.6 is 15.9 Å². The van der Waals surface area contributed by atoms with Crippen LogP contribution in [0.2, 0.25) is 0 Å². The van der Waals surface area contributed by atoms with E-state index in [4.69, 9.17) is 5.73 Å². The van der Waals surface area contributed by atoms with Crippen molar-refractivity contribution in [2.45, 2.75) is 6.54 Å². The molecule has 0 unspecified atom stereocenters. The lowest BCUT2D eigenvalue weighted by Gasteiger charge is -2.12. The second-order valence-electron chi connectivity index (χ2n) is 5.14. The Kier molecular flexibility index (Phi) is 3.95. The highest BCUT2D eigenvalue weighted by Crippen LogP contribution is 2.15. The summed E-state index contributed by atoms with van der Waals surface area (Å²) < 4.78 is 2.27. The fourth-order valence-electron chi connectivity index (χ4n) is 2.09. The highest BCUT2D eigenvalue weighted by atomic mass is 79.9. The summed E-state index contributed by atoms with van der Waals surface area (Å²) in [6.45, 7) is 0.168. The first-order valence-corrected chi connectivity index (χ1v) is 7.56. The Bertz CT molecular complexity index is 938. The Labute approximate surface area is 140 Å². The van der Waals surface area contributed by atoms with Gasteiger partial charge in [-0.05, 0) is 18.2 Å². The van der Waals surface area contributed by atoms with Crippen molar-refractivity contribution in [3.8, 4) is 0 Å². The number of hydrogen-bond acceptors (Lipinski definition) is 7. The summed E-state index contributed by atoms with van der Waals surface area (Å²) in [7, 11) is 3.61. The third kappa shape index (κ3) is 3.14. The molecule has 0 spiro atoms. The zero-order chi connectivity index (χ0) is 16.6. The van der Waals surface area contributed by atoms with Crippen molar-refractivity contribution in [2.24, 2.45) is 0 Å². The lowest BCUT2D eigenvalue weighted by molar-refractivity contribution is 0.700. The minimum atomic E-state index is -0.165. The van der Waals surface area contributed by atoms with Crippen LogP contribution in [0, 0.1) is 0 Å². The molecule has 2 aromatic heterocycles. The largest absolute Gasteiger partial charge is 0.368 e. The first kappa shape index (κ1) is 15.3. The molecule has 0 saturated carbocycles. The van der Waals surface area contributed by atoms with Crippen LogP contribution in [0.4, 0.5) is 11.9 Å². The first-order chi connectivity index (χ1) is 10.9. The van der Waals surface area contributed by atoms with Gasteiger partial charge in [-0.1, -0.05) is 15.9 Å². The van der Waals surface area contributed by atoms with Crippen molar-refractivity contribution in [1.82, 2.24) is 24.5 Å². The summed E-state index contributed by atoms with van der Waals surface area (Å²) in [4.78, 5) is 31.0. The van der Waals surface area contributed by atoms with E-state index in [2.05, 4.69) is 35.9 Å². The monoisotopic (exact) mass is 375 g/mol.